The zero-order valence-corrected chi connectivity index (χ0v) is 29.9. The van der Waals surface area contributed by atoms with Crippen molar-refractivity contribution in [2.75, 3.05) is 139 Å². The molecule has 1 amide bonds. The van der Waals surface area contributed by atoms with E-state index in [4.69, 9.17) is 52.1 Å². The van der Waals surface area contributed by atoms with E-state index in [1.165, 1.54) is 4.90 Å². The fraction of sp³-hybridized carbons (Fsp3) is 0.939. The predicted molar refractivity (Wildman–Crippen MR) is 176 cm³/mol. The van der Waals surface area contributed by atoms with Crippen LogP contribution in [0.3, 0.4) is 0 Å². The second-order valence-electron chi connectivity index (χ2n) is 11.4. The molecule has 0 rings (SSSR count). The maximum absolute atomic E-state index is 11.9. The number of rotatable bonds is 35. The van der Waals surface area contributed by atoms with E-state index in [0.717, 1.165) is 25.7 Å². The van der Waals surface area contributed by atoms with Crippen LogP contribution in [0.25, 0.3) is 0 Å². The van der Waals surface area contributed by atoms with Crippen molar-refractivity contribution >= 4 is 12.1 Å². The molecule has 0 aliphatic heterocycles. The van der Waals surface area contributed by atoms with Crippen LogP contribution in [0.1, 0.15) is 59.8 Å². The summed E-state index contributed by atoms with van der Waals surface area (Å²) in [6, 6.07) is 0. The maximum atomic E-state index is 11.9. The molecule has 0 aromatic rings. The molecule has 0 aliphatic carbocycles. The number of carbonyl (C=O) groups is 2. The van der Waals surface area contributed by atoms with Crippen LogP contribution in [0.5, 0.6) is 0 Å². The minimum atomic E-state index is -0.511. The molecule has 0 aromatic carbocycles. The van der Waals surface area contributed by atoms with Crippen LogP contribution in [-0.4, -0.2) is 162 Å². The first kappa shape index (κ1) is 45.4. The molecule has 14 nitrogen and oxygen atoms in total. The van der Waals surface area contributed by atoms with Crippen LogP contribution in [0.2, 0.25) is 0 Å². The molecule has 0 heterocycles. The van der Waals surface area contributed by atoms with Gasteiger partial charge in [-0.15, -0.1) is 0 Å². The monoisotopic (exact) mass is 683 g/mol. The second-order valence-corrected chi connectivity index (χ2v) is 11.4. The molecule has 0 aliphatic rings. The molecule has 0 saturated carbocycles. The zero-order chi connectivity index (χ0) is 34.7. The molecule has 0 saturated heterocycles. The van der Waals surface area contributed by atoms with Crippen LogP contribution in [0.4, 0.5) is 4.79 Å². The number of unbranched alkanes of at least 4 members (excludes halogenated alkanes) is 3. The molecular weight excluding hydrogens is 618 g/mol. The fourth-order valence-corrected chi connectivity index (χ4v) is 3.48. The van der Waals surface area contributed by atoms with E-state index in [-0.39, 0.29) is 18.7 Å². The lowest BCUT2D eigenvalue weighted by atomic mass is 10.2. The normalized spacial score (nSPS) is 11.6. The van der Waals surface area contributed by atoms with Gasteiger partial charge in [0.1, 0.15) is 12.2 Å². The Morgan fingerprint density at radius 2 is 0.830 bits per heavy atom. The summed E-state index contributed by atoms with van der Waals surface area (Å²) in [4.78, 5) is 24.9. The number of nitrogens with zero attached hydrogens (tertiary/aromatic N) is 1. The standard InChI is InChI=1S/C33H65NO13/c1-6-7-8-9-10-31(35)46-30-29-45-28-27-44-26-25-43-24-23-42-22-21-41-20-19-40-18-17-39-16-15-38-14-13-37-12-11-34(5)32(36)47-33(2,3)4/h6-30H2,1-5H3. The van der Waals surface area contributed by atoms with Crippen molar-refractivity contribution in [1.82, 2.24) is 4.90 Å². The Morgan fingerprint density at radius 1 is 0.489 bits per heavy atom. The summed E-state index contributed by atoms with van der Waals surface area (Å²) in [6.45, 7) is 16.8. The van der Waals surface area contributed by atoms with Gasteiger partial charge < -0.3 is 57.0 Å². The number of amides is 1. The van der Waals surface area contributed by atoms with Crippen molar-refractivity contribution in [2.45, 2.75) is 65.4 Å². The van der Waals surface area contributed by atoms with Crippen LogP contribution >= 0.6 is 0 Å². The van der Waals surface area contributed by atoms with E-state index < -0.39 is 5.60 Å². The Hall–Kier alpha value is -1.62. The number of ether oxygens (including phenoxy) is 11. The van der Waals surface area contributed by atoms with E-state index in [1.54, 1.807) is 7.05 Å². The fourth-order valence-electron chi connectivity index (χ4n) is 3.48. The van der Waals surface area contributed by atoms with Gasteiger partial charge in [0.25, 0.3) is 0 Å². The molecule has 0 fully saturated rings. The number of hydrogen-bond acceptors (Lipinski definition) is 13. The summed E-state index contributed by atoms with van der Waals surface area (Å²) in [5.41, 5.74) is -0.511. The van der Waals surface area contributed by atoms with E-state index in [2.05, 4.69) is 6.92 Å². The highest BCUT2D eigenvalue weighted by atomic mass is 16.6. The molecule has 0 aromatic heterocycles. The Bertz CT molecular complexity index is 694. The maximum Gasteiger partial charge on any atom is 0.410 e. The highest BCUT2D eigenvalue weighted by Crippen LogP contribution is 2.08. The van der Waals surface area contributed by atoms with Crippen molar-refractivity contribution in [3.05, 3.63) is 0 Å². The van der Waals surface area contributed by atoms with Gasteiger partial charge in [-0.3, -0.25) is 4.79 Å². The third kappa shape index (κ3) is 37.1. The zero-order valence-electron chi connectivity index (χ0n) is 29.9. The van der Waals surface area contributed by atoms with E-state index in [9.17, 15) is 9.59 Å². The van der Waals surface area contributed by atoms with Gasteiger partial charge in [-0.2, -0.15) is 0 Å². The van der Waals surface area contributed by atoms with Crippen LogP contribution in [-0.2, 0) is 56.9 Å². The average molecular weight is 684 g/mol. The smallest absolute Gasteiger partial charge is 0.410 e. The van der Waals surface area contributed by atoms with Crippen molar-refractivity contribution < 1.29 is 61.7 Å². The lowest BCUT2D eigenvalue weighted by Crippen LogP contribution is -2.36. The molecule has 0 unspecified atom stereocenters. The molecule has 0 atom stereocenters. The number of esters is 1. The molecule has 0 bridgehead atoms. The predicted octanol–water partition coefficient (Wildman–Crippen LogP) is 3.52. The quantitative estimate of drug-likeness (QED) is 0.0712. The van der Waals surface area contributed by atoms with Gasteiger partial charge in [0.05, 0.1) is 119 Å². The number of likely N-dealkylation sites (N-methyl/N-ethyl adjacent to an activating group) is 1. The topological polar surface area (TPSA) is 139 Å². The second kappa shape index (κ2) is 34.3. The summed E-state index contributed by atoms with van der Waals surface area (Å²) >= 11 is 0. The van der Waals surface area contributed by atoms with Crippen molar-refractivity contribution in [2.24, 2.45) is 0 Å². The van der Waals surface area contributed by atoms with E-state index >= 15 is 0 Å². The van der Waals surface area contributed by atoms with Gasteiger partial charge >= 0.3 is 12.1 Å². The minimum Gasteiger partial charge on any atom is -0.463 e. The molecule has 14 heteroatoms. The first-order chi connectivity index (χ1) is 22.8. The summed E-state index contributed by atoms with van der Waals surface area (Å²) in [5, 5.41) is 0. The largest absolute Gasteiger partial charge is 0.463 e. The van der Waals surface area contributed by atoms with Crippen molar-refractivity contribution in [3.8, 4) is 0 Å². The molecule has 280 valence electrons. The first-order valence-electron chi connectivity index (χ1n) is 17.1. The van der Waals surface area contributed by atoms with Gasteiger partial charge in [0.15, 0.2) is 0 Å². The van der Waals surface area contributed by atoms with Crippen LogP contribution in [0, 0.1) is 0 Å². The average Bonchev–Trinajstić information content (AvgIpc) is 3.03. The lowest BCUT2D eigenvalue weighted by molar-refractivity contribution is -0.145. The Kier molecular flexibility index (Phi) is 33.1. The highest BCUT2D eigenvalue weighted by Gasteiger charge is 2.19. The third-order valence-electron chi connectivity index (χ3n) is 5.98. The summed E-state index contributed by atoms with van der Waals surface area (Å²) in [7, 11) is 1.68. The SMILES string of the molecule is CCCCCCC(=O)OCCOCCOCCOCCOCCOCCOCCOCCOCCOCCN(C)C(=O)OC(C)(C)C. The van der Waals surface area contributed by atoms with Crippen molar-refractivity contribution in [1.29, 1.82) is 0 Å². The van der Waals surface area contributed by atoms with E-state index in [0.29, 0.717) is 132 Å². The van der Waals surface area contributed by atoms with Gasteiger partial charge in [0, 0.05) is 20.0 Å². The summed E-state index contributed by atoms with van der Waals surface area (Å²) in [6.07, 6.45) is 4.38. The first-order valence-corrected chi connectivity index (χ1v) is 17.1. The Morgan fingerprint density at radius 3 is 1.17 bits per heavy atom. The van der Waals surface area contributed by atoms with Gasteiger partial charge in [0.2, 0.25) is 0 Å². The minimum absolute atomic E-state index is 0.156. The van der Waals surface area contributed by atoms with Gasteiger partial charge in [-0.05, 0) is 27.2 Å². The highest BCUT2D eigenvalue weighted by molar-refractivity contribution is 5.69. The van der Waals surface area contributed by atoms with Crippen LogP contribution < -0.4 is 0 Å². The van der Waals surface area contributed by atoms with Gasteiger partial charge in [-0.1, -0.05) is 26.2 Å². The lowest BCUT2D eigenvalue weighted by Gasteiger charge is -2.24. The molecule has 0 radical (unpaired) electrons. The number of hydrogen-bond donors (Lipinski definition) is 0. The molecular formula is C33H65NO13. The third-order valence-corrected chi connectivity index (χ3v) is 5.98. The summed E-state index contributed by atoms with van der Waals surface area (Å²) in [5.74, 6) is -0.156. The molecule has 0 N–H and O–H groups in total. The van der Waals surface area contributed by atoms with Crippen LogP contribution in [0.15, 0.2) is 0 Å². The number of carbonyl (C=O) groups excluding carboxylic acids is 2. The summed E-state index contributed by atoms with van der Waals surface area (Å²) < 4.78 is 59.5. The Balaban J connectivity index is 3.18. The Labute approximate surface area is 283 Å². The van der Waals surface area contributed by atoms with Crippen molar-refractivity contribution in [3.63, 3.8) is 0 Å². The molecule has 47 heavy (non-hydrogen) atoms. The van der Waals surface area contributed by atoms with E-state index in [1.807, 2.05) is 20.8 Å². The van der Waals surface area contributed by atoms with Gasteiger partial charge in [-0.25, -0.2) is 4.79 Å². The molecule has 0 spiro atoms.